The molecule has 4 rings (SSSR count). The molecule has 0 spiro atoms. The normalized spacial score (nSPS) is 18.7. The van der Waals surface area contributed by atoms with E-state index < -0.39 is 11.7 Å². The van der Waals surface area contributed by atoms with E-state index >= 15 is 0 Å². The molecular weight excluding hydrogens is 445 g/mol. The van der Waals surface area contributed by atoms with E-state index in [1.165, 1.54) is 6.07 Å². The number of nitrogens with two attached hydrogens (primary N) is 1. The van der Waals surface area contributed by atoms with Gasteiger partial charge in [-0.05, 0) is 80.5 Å². The fourth-order valence-corrected chi connectivity index (χ4v) is 4.35. The number of halogens is 3. The first-order valence-corrected chi connectivity index (χ1v) is 11.3. The molecule has 180 valence electrons. The van der Waals surface area contributed by atoms with Gasteiger partial charge in [-0.25, -0.2) is 4.98 Å². The number of alkyl halides is 3. The minimum Gasteiger partial charge on any atom is -0.393 e. The Kier molecular flexibility index (Phi) is 6.74. The number of amides is 1. The van der Waals surface area contributed by atoms with Crippen LogP contribution >= 0.6 is 0 Å². The summed E-state index contributed by atoms with van der Waals surface area (Å²) in [5.74, 6) is 0.399. The van der Waals surface area contributed by atoms with Crippen LogP contribution in [0, 0.1) is 12.8 Å². The number of nitrogens with zero attached hydrogens (tertiary/aromatic N) is 3. The molecule has 1 saturated carbocycles. The maximum Gasteiger partial charge on any atom is 0.417 e. The lowest BCUT2D eigenvalue weighted by atomic mass is 9.87. The molecule has 3 N–H and O–H groups in total. The average molecular weight is 473 g/mol. The topological polar surface area (TPSA) is 92.3 Å². The van der Waals surface area contributed by atoms with Crippen molar-refractivity contribution in [1.82, 2.24) is 14.9 Å². The van der Waals surface area contributed by atoms with Gasteiger partial charge in [0, 0.05) is 23.7 Å². The summed E-state index contributed by atoms with van der Waals surface area (Å²) in [7, 11) is 0. The highest BCUT2D eigenvalue weighted by molar-refractivity contribution is 5.98. The highest BCUT2D eigenvalue weighted by Crippen LogP contribution is 2.29. The van der Waals surface area contributed by atoms with Crippen LogP contribution in [0.1, 0.15) is 52.9 Å². The van der Waals surface area contributed by atoms with E-state index in [0.29, 0.717) is 42.0 Å². The predicted molar refractivity (Wildman–Crippen MR) is 123 cm³/mol. The maximum absolute atomic E-state index is 13.5. The lowest BCUT2D eigenvalue weighted by Gasteiger charge is -2.31. The Morgan fingerprint density at radius 3 is 2.53 bits per heavy atom. The molecule has 2 aromatic heterocycles. The van der Waals surface area contributed by atoms with Crippen molar-refractivity contribution >= 4 is 22.6 Å². The second-order valence-electron chi connectivity index (χ2n) is 8.99. The molecule has 0 unspecified atom stereocenters. The van der Waals surface area contributed by atoms with Crippen LogP contribution in [0.25, 0.3) is 10.9 Å². The van der Waals surface area contributed by atoms with Gasteiger partial charge in [0.25, 0.3) is 5.91 Å². The number of anilines is 1. The molecule has 0 aliphatic heterocycles. The fraction of sp³-hybridized carbons (Fsp3) is 0.400. The number of hydrogen-bond acceptors (Lipinski definition) is 5. The minimum absolute atomic E-state index is 0.0904. The predicted octanol–water partition coefficient (Wildman–Crippen LogP) is 4.73. The molecule has 1 aliphatic rings. The van der Waals surface area contributed by atoms with Crippen molar-refractivity contribution in [1.29, 1.82) is 0 Å². The van der Waals surface area contributed by atoms with Gasteiger partial charge in [0.1, 0.15) is 5.82 Å². The number of hydrogen-bond donors (Lipinski definition) is 2. The Hall–Kier alpha value is -3.20. The third-order valence-corrected chi connectivity index (χ3v) is 6.38. The molecule has 6 nitrogen and oxygen atoms in total. The van der Waals surface area contributed by atoms with Crippen molar-refractivity contribution in [2.75, 3.05) is 12.3 Å². The first-order chi connectivity index (χ1) is 16.1. The van der Waals surface area contributed by atoms with Crippen LogP contribution in [-0.2, 0) is 12.7 Å². The molecule has 1 fully saturated rings. The molecule has 0 atom stereocenters. The highest BCUT2D eigenvalue weighted by atomic mass is 19.4. The van der Waals surface area contributed by atoms with Gasteiger partial charge in [0.15, 0.2) is 0 Å². The second-order valence-corrected chi connectivity index (χ2v) is 8.99. The Morgan fingerprint density at radius 1 is 1.15 bits per heavy atom. The van der Waals surface area contributed by atoms with Crippen molar-refractivity contribution < 1.29 is 23.1 Å². The average Bonchev–Trinajstić information content (AvgIpc) is 2.80. The molecule has 9 heteroatoms. The van der Waals surface area contributed by atoms with Crippen molar-refractivity contribution in [3.63, 3.8) is 0 Å². The first kappa shape index (κ1) is 23.9. The summed E-state index contributed by atoms with van der Waals surface area (Å²) in [4.78, 5) is 23.5. The van der Waals surface area contributed by atoms with Crippen molar-refractivity contribution in [2.45, 2.75) is 51.4 Å². The van der Waals surface area contributed by atoms with E-state index in [1.807, 2.05) is 13.0 Å². The van der Waals surface area contributed by atoms with Crippen LogP contribution in [0.5, 0.6) is 0 Å². The van der Waals surface area contributed by atoms with E-state index in [1.54, 1.807) is 23.1 Å². The number of aliphatic hydroxyl groups is 1. The zero-order chi connectivity index (χ0) is 24.5. The zero-order valence-electron chi connectivity index (χ0n) is 18.8. The first-order valence-electron chi connectivity index (χ1n) is 11.3. The summed E-state index contributed by atoms with van der Waals surface area (Å²) in [6.07, 6.45) is -1.08. The molecule has 2 heterocycles. The molecule has 1 aromatic carbocycles. The molecule has 0 bridgehead atoms. The molecular formula is C25H27F3N4O2. The standard InChI is InChI=1S/C25H27F3N4O2/c1-15-10-18-11-17(4-9-22(18)31-23(15)29)24(34)32(13-16-2-7-21(33)8-3-16)14-20-6-5-19(12-30-20)25(26,27)28/h4-6,9-12,16,21,33H,2-3,7-8,13-14H2,1H3,(H2,29,31). The Labute approximate surface area is 195 Å². The third kappa shape index (κ3) is 5.47. The number of aryl methyl sites for hydroxylation is 1. The quantitative estimate of drug-likeness (QED) is 0.560. The van der Waals surface area contributed by atoms with Gasteiger partial charge in [-0.3, -0.25) is 9.78 Å². The van der Waals surface area contributed by atoms with Gasteiger partial charge < -0.3 is 15.7 Å². The highest BCUT2D eigenvalue weighted by Gasteiger charge is 2.31. The van der Waals surface area contributed by atoms with Crippen LogP contribution in [0.2, 0.25) is 0 Å². The zero-order valence-corrected chi connectivity index (χ0v) is 18.8. The number of carbonyl (C=O) groups is 1. The van der Waals surface area contributed by atoms with Crippen LogP contribution in [0.4, 0.5) is 19.0 Å². The maximum atomic E-state index is 13.5. The van der Waals surface area contributed by atoms with Gasteiger partial charge in [-0.1, -0.05) is 0 Å². The van der Waals surface area contributed by atoms with E-state index in [4.69, 9.17) is 5.73 Å². The minimum atomic E-state index is -4.47. The third-order valence-electron chi connectivity index (χ3n) is 6.38. The number of aromatic nitrogens is 2. The Morgan fingerprint density at radius 2 is 1.88 bits per heavy atom. The van der Waals surface area contributed by atoms with Crippen molar-refractivity contribution in [3.05, 3.63) is 65.0 Å². The summed E-state index contributed by atoms with van der Waals surface area (Å²) in [5.41, 5.74) is 7.39. The Bertz CT molecular complexity index is 1170. The SMILES string of the molecule is Cc1cc2cc(C(=O)N(Cc3ccc(C(F)(F)F)cn3)CC3CCC(O)CC3)ccc2nc1N. The van der Waals surface area contributed by atoms with Crippen LogP contribution in [-0.4, -0.2) is 38.5 Å². The molecule has 0 radical (unpaired) electrons. The smallest absolute Gasteiger partial charge is 0.393 e. The van der Waals surface area contributed by atoms with E-state index in [-0.39, 0.29) is 24.5 Å². The number of rotatable bonds is 5. The molecule has 3 aromatic rings. The summed E-state index contributed by atoms with van der Waals surface area (Å²) in [5, 5.41) is 10.6. The van der Waals surface area contributed by atoms with Crippen LogP contribution < -0.4 is 5.73 Å². The summed E-state index contributed by atoms with van der Waals surface area (Å²) in [6.45, 7) is 2.37. The summed E-state index contributed by atoms with van der Waals surface area (Å²) >= 11 is 0. The summed E-state index contributed by atoms with van der Waals surface area (Å²) in [6, 6.07) is 9.35. The van der Waals surface area contributed by atoms with E-state index in [0.717, 1.165) is 36.1 Å². The van der Waals surface area contributed by atoms with E-state index in [2.05, 4.69) is 9.97 Å². The summed E-state index contributed by atoms with van der Waals surface area (Å²) < 4.78 is 38.7. The molecule has 34 heavy (non-hydrogen) atoms. The fourth-order valence-electron chi connectivity index (χ4n) is 4.35. The van der Waals surface area contributed by atoms with Crippen LogP contribution in [0.15, 0.2) is 42.6 Å². The van der Waals surface area contributed by atoms with Gasteiger partial charge in [0.2, 0.25) is 0 Å². The number of benzene rings is 1. The van der Waals surface area contributed by atoms with Gasteiger partial charge in [-0.2, -0.15) is 13.2 Å². The van der Waals surface area contributed by atoms with E-state index in [9.17, 15) is 23.1 Å². The van der Waals surface area contributed by atoms with Gasteiger partial charge in [-0.15, -0.1) is 0 Å². The van der Waals surface area contributed by atoms with Crippen molar-refractivity contribution in [2.24, 2.45) is 5.92 Å². The molecule has 1 amide bonds. The number of fused-ring (bicyclic) bond motifs is 1. The molecule has 0 saturated heterocycles. The molecule has 1 aliphatic carbocycles. The number of pyridine rings is 2. The largest absolute Gasteiger partial charge is 0.417 e. The van der Waals surface area contributed by atoms with Gasteiger partial charge >= 0.3 is 6.18 Å². The number of nitrogen functional groups attached to an aromatic ring is 1. The van der Waals surface area contributed by atoms with Gasteiger partial charge in [0.05, 0.1) is 29.4 Å². The lowest BCUT2D eigenvalue weighted by molar-refractivity contribution is -0.137. The Balaban J connectivity index is 1.60. The monoisotopic (exact) mass is 472 g/mol. The number of carbonyl (C=O) groups excluding carboxylic acids is 1. The number of aliphatic hydroxyl groups excluding tert-OH is 1. The van der Waals surface area contributed by atoms with Crippen molar-refractivity contribution in [3.8, 4) is 0 Å². The second kappa shape index (κ2) is 9.58. The lowest BCUT2D eigenvalue weighted by Crippen LogP contribution is -2.37. The van der Waals surface area contributed by atoms with Crippen LogP contribution in [0.3, 0.4) is 0 Å².